The topological polar surface area (TPSA) is 35.5 Å². The van der Waals surface area contributed by atoms with Gasteiger partial charge in [-0.3, -0.25) is 9.97 Å². The number of rotatable bonds is 8. The van der Waals surface area contributed by atoms with Gasteiger partial charge in [-0.1, -0.05) is 164 Å². The van der Waals surface area contributed by atoms with Crippen molar-refractivity contribution in [3.8, 4) is 11.1 Å². The van der Waals surface area contributed by atoms with Crippen molar-refractivity contribution < 1.29 is 0 Å². The standard InChI is InChI=1S/C67H48BN5/c1-67(2)58-43-51(71(46-19-7-3-8-20-46)47-21-9-4-10-22-47)35-39-61(58)73(62-40-36-52(44-59(62)67)72(48-23-11-5-12-24-48)49-25-13-6-14-26-49)50-33-31-45(32-34-50)68-60-30-16-15-27-53(60)55-38-37-54-56-28-17-41-69-65(56)66-57(29-18-42-70-66)63(54)64(55)68/h3-44H,1-2H3. The van der Waals surface area contributed by atoms with Crippen LogP contribution in [0.25, 0.3) is 43.7 Å². The number of benzene rings is 10. The Morgan fingerprint density at radius 2 is 0.877 bits per heavy atom. The second-order valence-corrected chi connectivity index (χ2v) is 19.7. The molecule has 12 aromatic rings. The molecule has 0 spiro atoms. The summed E-state index contributed by atoms with van der Waals surface area (Å²) < 4.78 is 0. The third-order valence-corrected chi connectivity index (χ3v) is 15.3. The predicted octanol–water partition coefficient (Wildman–Crippen LogP) is 15.5. The predicted molar refractivity (Wildman–Crippen MR) is 307 cm³/mol. The lowest BCUT2D eigenvalue weighted by molar-refractivity contribution is 0.632. The maximum Gasteiger partial charge on any atom is 0.243 e. The number of nitrogens with zero attached hydrogens (tertiary/aromatic N) is 5. The maximum absolute atomic E-state index is 4.96. The van der Waals surface area contributed by atoms with Crippen molar-refractivity contribution in [2.24, 2.45) is 0 Å². The van der Waals surface area contributed by atoms with E-state index in [1.54, 1.807) is 0 Å². The van der Waals surface area contributed by atoms with Crippen molar-refractivity contribution in [1.82, 2.24) is 9.97 Å². The molecule has 73 heavy (non-hydrogen) atoms. The number of aromatic nitrogens is 2. The molecule has 0 N–H and O–H groups in total. The van der Waals surface area contributed by atoms with Gasteiger partial charge in [0.25, 0.3) is 0 Å². The Hall–Kier alpha value is -9.26. The Bertz CT molecular complexity index is 3820. The van der Waals surface area contributed by atoms with Crippen LogP contribution in [0.4, 0.5) is 51.2 Å². The number of para-hydroxylation sites is 4. The third-order valence-electron chi connectivity index (χ3n) is 15.3. The fourth-order valence-electron chi connectivity index (χ4n) is 12.1. The van der Waals surface area contributed by atoms with Crippen molar-refractivity contribution in [3.05, 3.63) is 266 Å². The lowest BCUT2D eigenvalue weighted by Crippen LogP contribution is -2.49. The molecular formula is C67H48BN5. The lowest BCUT2D eigenvalue weighted by atomic mass is 9.38. The molecule has 344 valence electrons. The molecule has 14 rings (SSSR count). The summed E-state index contributed by atoms with van der Waals surface area (Å²) in [6, 6.07) is 88.5. The molecular weight excluding hydrogens is 886 g/mol. The van der Waals surface area contributed by atoms with Gasteiger partial charge < -0.3 is 14.7 Å². The molecule has 0 amide bonds. The van der Waals surface area contributed by atoms with Gasteiger partial charge in [0.15, 0.2) is 0 Å². The fourth-order valence-corrected chi connectivity index (χ4v) is 12.1. The minimum Gasteiger partial charge on any atom is -0.310 e. The average Bonchev–Trinajstić information content (AvgIpc) is 3.79. The Morgan fingerprint density at radius 3 is 1.41 bits per heavy atom. The van der Waals surface area contributed by atoms with Crippen LogP contribution in [0, 0.1) is 0 Å². The van der Waals surface area contributed by atoms with Crippen LogP contribution in [-0.2, 0) is 5.41 Å². The highest BCUT2D eigenvalue weighted by Gasteiger charge is 2.40. The highest BCUT2D eigenvalue weighted by molar-refractivity contribution is 7.00. The van der Waals surface area contributed by atoms with Gasteiger partial charge in [-0.25, -0.2) is 0 Å². The first-order valence-electron chi connectivity index (χ1n) is 25.2. The molecule has 2 aliphatic heterocycles. The molecule has 0 saturated carbocycles. The second-order valence-electron chi connectivity index (χ2n) is 19.7. The van der Waals surface area contributed by atoms with Gasteiger partial charge in [-0.15, -0.1) is 0 Å². The van der Waals surface area contributed by atoms with Gasteiger partial charge in [-0.2, -0.15) is 0 Å². The highest BCUT2D eigenvalue weighted by atomic mass is 15.2. The molecule has 0 bridgehead atoms. The van der Waals surface area contributed by atoms with Crippen LogP contribution in [0.5, 0.6) is 0 Å². The van der Waals surface area contributed by atoms with Crippen molar-refractivity contribution in [1.29, 1.82) is 0 Å². The Morgan fingerprint density at radius 1 is 0.397 bits per heavy atom. The van der Waals surface area contributed by atoms with E-state index in [0.717, 1.165) is 73.0 Å². The molecule has 0 aliphatic carbocycles. The number of anilines is 9. The van der Waals surface area contributed by atoms with Crippen LogP contribution in [0.2, 0.25) is 0 Å². The molecule has 2 aromatic heterocycles. The summed E-state index contributed by atoms with van der Waals surface area (Å²) in [6.07, 6.45) is 3.77. The van der Waals surface area contributed by atoms with Crippen molar-refractivity contribution in [3.63, 3.8) is 0 Å². The first-order valence-corrected chi connectivity index (χ1v) is 25.2. The molecule has 2 aliphatic rings. The average molecular weight is 934 g/mol. The molecule has 0 radical (unpaired) electrons. The van der Waals surface area contributed by atoms with E-state index >= 15 is 0 Å². The summed E-state index contributed by atoms with van der Waals surface area (Å²) in [5.74, 6) is 0. The summed E-state index contributed by atoms with van der Waals surface area (Å²) in [6.45, 7) is 4.79. The zero-order valence-corrected chi connectivity index (χ0v) is 40.6. The van der Waals surface area contributed by atoms with Crippen LogP contribution in [-0.4, -0.2) is 16.7 Å². The van der Waals surface area contributed by atoms with Crippen LogP contribution in [0.15, 0.2) is 255 Å². The normalized spacial score (nSPS) is 13.1. The molecule has 10 aromatic carbocycles. The number of pyridine rings is 2. The number of fused-ring (bicyclic) bond motifs is 12. The van der Waals surface area contributed by atoms with E-state index in [1.165, 1.54) is 49.4 Å². The van der Waals surface area contributed by atoms with E-state index in [4.69, 9.17) is 9.97 Å². The van der Waals surface area contributed by atoms with Gasteiger partial charge in [0.05, 0.1) is 22.4 Å². The summed E-state index contributed by atoms with van der Waals surface area (Å²) in [5.41, 5.74) is 20.5. The van der Waals surface area contributed by atoms with Crippen LogP contribution in [0.1, 0.15) is 25.0 Å². The summed E-state index contributed by atoms with van der Waals surface area (Å²) in [7, 11) is 0. The molecule has 4 heterocycles. The van der Waals surface area contributed by atoms with E-state index in [9.17, 15) is 0 Å². The SMILES string of the molecule is CC1(C)c2cc(N(c3ccccc3)c3ccccc3)ccc2N(c2ccc(B3c4ccccc4-c4ccc5c6cccnc6c6ncccc6c5c43)cc2)c2ccc(N(c3ccccc3)c3ccccc3)cc21. The molecule has 5 nitrogen and oxygen atoms in total. The van der Waals surface area contributed by atoms with Gasteiger partial charge in [0.1, 0.15) is 0 Å². The van der Waals surface area contributed by atoms with Crippen LogP contribution < -0.4 is 31.1 Å². The largest absolute Gasteiger partial charge is 0.310 e. The summed E-state index contributed by atoms with van der Waals surface area (Å²) >= 11 is 0. The van der Waals surface area contributed by atoms with Crippen molar-refractivity contribution in [2.45, 2.75) is 19.3 Å². The van der Waals surface area contributed by atoms with E-state index in [-0.39, 0.29) is 6.71 Å². The quantitative estimate of drug-likeness (QED) is 0.112. The fraction of sp³-hybridized carbons (Fsp3) is 0.0448. The number of hydrogen-bond acceptors (Lipinski definition) is 5. The molecule has 0 atom stereocenters. The zero-order valence-electron chi connectivity index (χ0n) is 40.6. The zero-order chi connectivity index (χ0) is 48.6. The lowest BCUT2D eigenvalue weighted by Gasteiger charge is -2.43. The van der Waals surface area contributed by atoms with Gasteiger partial charge in [-0.05, 0) is 142 Å². The molecule has 0 unspecified atom stereocenters. The number of hydrogen-bond donors (Lipinski definition) is 0. The minimum atomic E-state index is -0.402. The molecule has 0 fully saturated rings. The van der Waals surface area contributed by atoms with E-state index in [0.29, 0.717) is 0 Å². The van der Waals surface area contributed by atoms with E-state index in [1.807, 2.05) is 18.5 Å². The Labute approximate surface area is 426 Å². The monoisotopic (exact) mass is 933 g/mol. The van der Waals surface area contributed by atoms with Crippen molar-refractivity contribution in [2.75, 3.05) is 14.7 Å². The third kappa shape index (κ3) is 6.78. The first-order chi connectivity index (χ1) is 36.0. The van der Waals surface area contributed by atoms with E-state index < -0.39 is 5.41 Å². The van der Waals surface area contributed by atoms with Crippen LogP contribution in [0.3, 0.4) is 0 Å². The van der Waals surface area contributed by atoms with Crippen molar-refractivity contribution >= 4 is 107 Å². The Balaban J connectivity index is 0.960. The second kappa shape index (κ2) is 17.0. The maximum atomic E-state index is 4.96. The first kappa shape index (κ1) is 42.6. The molecule has 6 heteroatoms. The van der Waals surface area contributed by atoms with Gasteiger partial charge in [0.2, 0.25) is 6.71 Å². The molecule has 0 saturated heterocycles. The minimum absolute atomic E-state index is 0.00960. The van der Waals surface area contributed by atoms with Crippen LogP contribution >= 0.6 is 0 Å². The van der Waals surface area contributed by atoms with Gasteiger partial charge >= 0.3 is 0 Å². The van der Waals surface area contributed by atoms with E-state index in [2.05, 4.69) is 265 Å². The highest BCUT2D eigenvalue weighted by Crippen LogP contribution is 2.55. The summed E-state index contributed by atoms with van der Waals surface area (Å²) in [5, 5.41) is 4.71. The Kier molecular flexibility index (Phi) is 9.90. The smallest absolute Gasteiger partial charge is 0.243 e. The summed E-state index contributed by atoms with van der Waals surface area (Å²) in [4.78, 5) is 17.1. The van der Waals surface area contributed by atoms with Gasteiger partial charge in [0, 0.05) is 68.4 Å².